The van der Waals surface area contributed by atoms with Crippen LogP contribution in [0.5, 0.6) is 0 Å². The Morgan fingerprint density at radius 2 is 1.39 bits per heavy atom. The van der Waals surface area contributed by atoms with E-state index in [1.54, 1.807) is 30.3 Å². The fraction of sp³-hybridized carbons (Fsp3) is 0.182. The van der Waals surface area contributed by atoms with E-state index in [1.165, 1.54) is 42.5 Å². The van der Waals surface area contributed by atoms with Gasteiger partial charge in [-0.15, -0.1) is 0 Å². The van der Waals surface area contributed by atoms with Crippen molar-refractivity contribution in [3.8, 4) is 0 Å². The van der Waals surface area contributed by atoms with Crippen molar-refractivity contribution in [1.29, 1.82) is 0 Å². The Morgan fingerprint density at radius 1 is 0.806 bits per heavy atom. The molecule has 0 saturated carbocycles. The zero-order valence-corrected chi connectivity index (χ0v) is 18.4. The molecule has 1 atom stereocenters. The molecule has 0 aliphatic carbocycles. The zero-order chi connectivity index (χ0) is 22.6. The molecule has 0 aliphatic rings. The molecule has 3 rings (SSSR count). The van der Waals surface area contributed by atoms with Crippen LogP contribution in [0, 0.1) is 6.92 Å². The number of hydrogen-bond donors (Lipinski definition) is 3. The molecule has 0 aliphatic heterocycles. The van der Waals surface area contributed by atoms with Crippen LogP contribution < -0.4 is 5.32 Å². The molecule has 0 spiro atoms. The van der Waals surface area contributed by atoms with E-state index in [0.717, 1.165) is 5.56 Å². The molecule has 0 saturated heterocycles. The number of aliphatic hydroxyl groups excluding tert-OH is 2. The van der Waals surface area contributed by atoms with Crippen molar-refractivity contribution in [1.82, 2.24) is 0 Å². The second-order valence-corrected chi connectivity index (χ2v) is 10.9. The molecule has 0 bridgehead atoms. The first-order valence-electron chi connectivity index (χ1n) is 9.45. The largest absolute Gasteiger partial charge is 0.394 e. The summed E-state index contributed by atoms with van der Waals surface area (Å²) in [4.78, 5) is -0.0935. The van der Waals surface area contributed by atoms with Gasteiger partial charge in [0.25, 0.3) is 0 Å². The molecule has 1 unspecified atom stereocenters. The quantitative estimate of drug-likeness (QED) is 0.471. The van der Waals surface area contributed by atoms with Gasteiger partial charge in [0.15, 0.2) is 0 Å². The van der Waals surface area contributed by atoms with Gasteiger partial charge in [-0.25, -0.2) is 16.8 Å². The van der Waals surface area contributed by atoms with Gasteiger partial charge in [0.2, 0.25) is 19.7 Å². The van der Waals surface area contributed by atoms with E-state index in [4.69, 9.17) is 5.11 Å². The second kappa shape index (κ2) is 9.19. The lowest BCUT2D eigenvalue weighted by atomic mass is 10.2. The fourth-order valence-corrected chi connectivity index (χ4v) is 5.65. The number of aryl methyl sites for hydroxylation is 1. The molecular weight excluding hydrogens is 438 g/mol. The average Bonchev–Trinajstić information content (AvgIpc) is 2.78. The summed E-state index contributed by atoms with van der Waals surface area (Å²) < 4.78 is 52.4. The van der Waals surface area contributed by atoms with Gasteiger partial charge in [-0.2, -0.15) is 0 Å². The van der Waals surface area contributed by atoms with E-state index in [1.807, 2.05) is 6.92 Å². The number of sulfone groups is 2. The molecule has 0 heterocycles. The summed E-state index contributed by atoms with van der Waals surface area (Å²) in [5.74, 6) is 0. The lowest BCUT2D eigenvalue weighted by Crippen LogP contribution is -2.24. The summed E-state index contributed by atoms with van der Waals surface area (Å²) in [5, 5.41) is 21.5. The summed E-state index contributed by atoms with van der Waals surface area (Å²) in [5.41, 5.74) is 0.915. The molecule has 31 heavy (non-hydrogen) atoms. The van der Waals surface area contributed by atoms with Gasteiger partial charge in [-0.1, -0.05) is 35.9 Å². The van der Waals surface area contributed by atoms with Crippen LogP contribution in [0.25, 0.3) is 0 Å². The SMILES string of the molecule is Cc1ccc(S(=O)(=O)c2ccc(S(=O)(=O)c3ccccc3)cc2NCC(O)CO)cc1. The van der Waals surface area contributed by atoms with E-state index in [-0.39, 0.29) is 31.8 Å². The van der Waals surface area contributed by atoms with Gasteiger partial charge in [0.1, 0.15) is 0 Å². The third kappa shape index (κ3) is 4.96. The number of aliphatic hydroxyl groups is 2. The summed E-state index contributed by atoms with van der Waals surface area (Å²) in [6.07, 6.45) is -1.15. The van der Waals surface area contributed by atoms with Crippen molar-refractivity contribution in [2.24, 2.45) is 0 Å². The molecule has 3 N–H and O–H groups in total. The predicted molar refractivity (Wildman–Crippen MR) is 117 cm³/mol. The van der Waals surface area contributed by atoms with Crippen molar-refractivity contribution < 1.29 is 27.0 Å². The van der Waals surface area contributed by atoms with Crippen molar-refractivity contribution in [3.63, 3.8) is 0 Å². The maximum atomic E-state index is 13.2. The first-order valence-corrected chi connectivity index (χ1v) is 12.4. The highest BCUT2D eigenvalue weighted by Gasteiger charge is 2.25. The lowest BCUT2D eigenvalue weighted by molar-refractivity contribution is 0.105. The van der Waals surface area contributed by atoms with Crippen molar-refractivity contribution >= 4 is 25.4 Å². The standard InChI is InChI=1S/C22H23NO6S2/c1-16-7-9-19(10-8-16)31(28,29)22-12-11-20(13-21(22)23-14-17(25)15-24)30(26,27)18-5-3-2-4-6-18/h2-13,17,23-25H,14-15H2,1H3. The molecule has 7 nitrogen and oxygen atoms in total. The van der Waals surface area contributed by atoms with Crippen LogP contribution in [0.15, 0.2) is 92.4 Å². The summed E-state index contributed by atoms with van der Waals surface area (Å²) in [6, 6.07) is 17.8. The maximum absolute atomic E-state index is 13.2. The minimum atomic E-state index is -3.97. The minimum Gasteiger partial charge on any atom is -0.394 e. The number of nitrogens with one attached hydrogen (secondary N) is 1. The Kier molecular flexibility index (Phi) is 6.80. The highest BCUT2D eigenvalue weighted by atomic mass is 32.2. The molecule has 9 heteroatoms. The molecule has 3 aromatic rings. The molecular formula is C22H23NO6S2. The Balaban J connectivity index is 2.12. The molecule has 164 valence electrons. The molecule has 3 aromatic carbocycles. The third-order valence-electron chi connectivity index (χ3n) is 4.67. The van der Waals surface area contributed by atoms with E-state index >= 15 is 0 Å². The van der Waals surface area contributed by atoms with Crippen LogP contribution in [-0.4, -0.2) is 46.3 Å². The van der Waals surface area contributed by atoms with Crippen LogP contribution in [-0.2, 0) is 19.7 Å². The van der Waals surface area contributed by atoms with Gasteiger partial charge in [0, 0.05) is 6.54 Å². The Morgan fingerprint density at radius 3 is 2.00 bits per heavy atom. The smallest absolute Gasteiger partial charge is 0.208 e. The van der Waals surface area contributed by atoms with Gasteiger partial charge in [-0.3, -0.25) is 0 Å². The molecule has 0 aromatic heterocycles. The van der Waals surface area contributed by atoms with Gasteiger partial charge in [0.05, 0.1) is 38.0 Å². The monoisotopic (exact) mass is 461 g/mol. The van der Waals surface area contributed by atoms with Crippen LogP contribution in [0.4, 0.5) is 5.69 Å². The van der Waals surface area contributed by atoms with E-state index in [9.17, 15) is 21.9 Å². The van der Waals surface area contributed by atoms with Crippen molar-refractivity contribution in [2.45, 2.75) is 32.6 Å². The molecule has 0 radical (unpaired) electrons. The highest BCUT2D eigenvalue weighted by Crippen LogP contribution is 2.32. The number of rotatable bonds is 8. The van der Waals surface area contributed by atoms with Gasteiger partial charge in [-0.05, 0) is 49.4 Å². The van der Waals surface area contributed by atoms with E-state index < -0.39 is 32.4 Å². The first-order chi connectivity index (χ1) is 14.7. The topological polar surface area (TPSA) is 121 Å². The summed E-state index contributed by atoms with van der Waals surface area (Å²) in [7, 11) is -7.85. The fourth-order valence-electron chi connectivity index (χ4n) is 2.92. The Bertz CT molecular complexity index is 1260. The van der Waals surface area contributed by atoms with Crippen molar-refractivity contribution in [3.05, 3.63) is 78.4 Å². The van der Waals surface area contributed by atoms with Crippen LogP contribution >= 0.6 is 0 Å². The van der Waals surface area contributed by atoms with Gasteiger partial charge >= 0.3 is 0 Å². The minimum absolute atomic E-state index is 0.0186. The van der Waals surface area contributed by atoms with Crippen LogP contribution in [0.2, 0.25) is 0 Å². The maximum Gasteiger partial charge on any atom is 0.208 e. The number of benzene rings is 3. The van der Waals surface area contributed by atoms with E-state index in [2.05, 4.69) is 5.32 Å². The van der Waals surface area contributed by atoms with E-state index in [0.29, 0.717) is 0 Å². The summed E-state index contributed by atoms with van der Waals surface area (Å²) >= 11 is 0. The Labute approximate surface area is 181 Å². The predicted octanol–water partition coefficient (Wildman–Crippen LogP) is 2.43. The van der Waals surface area contributed by atoms with Gasteiger partial charge < -0.3 is 15.5 Å². The number of anilines is 1. The number of hydrogen-bond acceptors (Lipinski definition) is 7. The third-order valence-corrected chi connectivity index (χ3v) is 8.27. The lowest BCUT2D eigenvalue weighted by Gasteiger charge is -2.16. The first kappa shape index (κ1) is 23.0. The second-order valence-electron chi connectivity index (χ2n) is 7.01. The van der Waals surface area contributed by atoms with Crippen LogP contribution in [0.3, 0.4) is 0 Å². The Hall–Kier alpha value is -2.72. The molecule has 0 fully saturated rings. The van der Waals surface area contributed by atoms with Crippen LogP contribution in [0.1, 0.15) is 5.56 Å². The average molecular weight is 462 g/mol. The highest BCUT2D eigenvalue weighted by molar-refractivity contribution is 7.92. The molecule has 0 amide bonds. The zero-order valence-electron chi connectivity index (χ0n) is 16.8. The normalized spacial score (nSPS) is 13.0. The van der Waals surface area contributed by atoms with Crippen molar-refractivity contribution in [2.75, 3.05) is 18.5 Å². The summed E-state index contributed by atoms with van der Waals surface area (Å²) in [6.45, 7) is 1.14.